The van der Waals surface area contributed by atoms with Gasteiger partial charge in [0.05, 0.1) is 13.2 Å². The Balaban J connectivity index is 3.25. The Morgan fingerprint density at radius 1 is 0.609 bits per heavy atom. The lowest BCUT2D eigenvalue weighted by Crippen LogP contribution is -2.37. The Morgan fingerprint density at radius 3 is 1.26 bits per heavy atom. The number of rotatable bonds is 18. The zero-order chi connectivity index (χ0) is 17.2. The first kappa shape index (κ1) is 22.9. The predicted octanol–water partition coefficient (Wildman–Crippen LogP) is 4.79. The van der Waals surface area contributed by atoms with E-state index in [1.807, 2.05) is 0 Å². The maximum absolute atomic E-state index is 9.34. The van der Waals surface area contributed by atoms with Gasteiger partial charge in [0.1, 0.15) is 0 Å². The van der Waals surface area contributed by atoms with Gasteiger partial charge >= 0.3 is 0 Å². The number of aliphatic hydroxyl groups excluding tert-OH is 2. The van der Waals surface area contributed by atoms with Crippen LogP contribution in [0.4, 0.5) is 0 Å². The summed E-state index contributed by atoms with van der Waals surface area (Å²) in [6, 6.07) is 0. The Bertz CT molecular complexity index is 221. The molecule has 23 heavy (non-hydrogen) atoms. The number of hydrogen-bond donors (Lipinski definition) is 3. The van der Waals surface area contributed by atoms with Crippen molar-refractivity contribution in [2.45, 2.75) is 103 Å². The van der Waals surface area contributed by atoms with Crippen LogP contribution in [0.2, 0.25) is 0 Å². The largest absolute Gasteiger partial charge is 0.396 e. The summed E-state index contributed by atoms with van der Waals surface area (Å²) in [6.07, 6.45) is 19.7. The predicted molar refractivity (Wildman–Crippen MR) is 101 cm³/mol. The standard InChI is InChI=1S/C20H43NO2/c1-2-3-4-5-6-7-8-9-10-11-12-13-14-15-16-20(17-21,18-22)19-23/h22-23H,2-19,21H2,1H3. The summed E-state index contributed by atoms with van der Waals surface area (Å²) in [4.78, 5) is 0. The average Bonchev–Trinajstić information content (AvgIpc) is 2.59. The summed E-state index contributed by atoms with van der Waals surface area (Å²) in [7, 11) is 0. The molecule has 0 amide bonds. The highest BCUT2D eigenvalue weighted by atomic mass is 16.3. The van der Waals surface area contributed by atoms with Gasteiger partial charge in [0.25, 0.3) is 0 Å². The van der Waals surface area contributed by atoms with Crippen molar-refractivity contribution in [2.75, 3.05) is 19.8 Å². The third-order valence-corrected chi connectivity index (χ3v) is 5.16. The van der Waals surface area contributed by atoms with Gasteiger partial charge in [-0.2, -0.15) is 0 Å². The highest BCUT2D eigenvalue weighted by molar-refractivity contribution is 4.78. The molecule has 0 fully saturated rings. The molecule has 0 heterocycles. The summed E-state index contributed by atoms with van der Waals surface area (Å²) in [5.41, 5.74) is 5.22. The molecule has 0 aliphatic rings. The number of nitrogens with two attached hydrogens (primary N) is 1. The molecule has 0 rings (SSSR count). The van der Waals surface area contributed by atoms with Gasteiger partial charge in [-0.25, -0.2) is 0 Å². The van der Waals surface area contributed by atoms with Gasteiger partial charge in [-0.1, -0.05) is 96.8 Å². The molecule has 3 heteroatoms. The van der Waals surface area contributed by atoms with Crippen LogP contribution < -0.4 is 5.73 Å². The van der Waals surface area contributed by atoms with Crippen LogP contribution >= 0.6 is 0 Å². The minimum absolute atomic E-state index is 0.00154. The Hall–Kier alpha value is -0.120. The molecule has 0 aromatic rings. The van der Waals surface area contributed by atoms with Crippen LogP contribution in [-0.4, -0.2) is 30.0 Å². The molecule has 4 N–H and O–H groups in total. The number of hydrogen-bond acceptors (Lipinski definition) is 3. The van der Waals surface area contributed by atoms with E-state index in [1.165, 1.54) is 83.5 Å². The van der Waals surface area contributed by atoms with Crippen LogP contribution in [0, 0.1) is 5.41 Å². The van der Waals surface area contributed by atoms with Gasteiger partial charge in [0, 0.05) is 12.0 Å². The third kappa shape index (κ3) is 12.9. The molecule has 3 nitrogen and oxygen atoms in total. The van der Waals surface area contributed by atoms with Crippen LogP contribution in [0.25, 0.3) is 0 Å². The van der Waals surface area contributed by atoms with Gasteiger partial charge in [-0.3, -0.25) is 0 Å². The first-order valence-corrected chi connectivity index (χ1v) is 10.2. The van der Waals surface area contributed by atoms with E-state index in [1.54, 1.807) is 0 Å². The lowest BCUT2D eigenvalue weighted by molar-refractivity contribution is 0.0521. The van der Waals surface area contributed by atoms with Crippen molar-refractivity contribution < 1.29 is 10.2 Å². The minimum Gasteiger partial charge on any atom is -0.396 e. The maximum atomic E-state index is 9.34. The monoisotopic (exact) mass is 329 g/mol. The Morgan fingerprint density at radius 2 is 0.957 bits per heavy atom. The number of unbranched alkanes of at least 4 members (excludes halogenated alkanes) is 13. The van der Waals surface area contributed by atoms with Crippen LogP contribution in [0.5, 0.6) is 0 Å². The highest BCUT2D eigenvalue weighted by Gasteiger charge is 2.26. The van der Waals surface area contributed by atoms with E-state index in [2.05, 4.69) is 6.92 Å². The zero-order valence-corrected chi connectivity index (χ0v) is 15.7. The summed E-state index contributed by atoms with van der Waals surface area (Å²) >= 11 is 0. The van der Waals surface area contributed by atoms with Crippen molar-refractivity contribution in [3.63, 3.8) is 0 Å². The first-order valence-electron chi connectivity index (χ1n) is 10.2. The second-order valence-corrected chi connectivity index (χ2v) is 7.37. The molecule has 140 valence electrons. The van der Waals surface area contributed by atoms with E-state index in [0.29, 0.717) is 6.54 Å². The van der Waals surface area contributed by atoms with Crippen molar-refractivity contribution in [1.29, 1.82) is 0 Å². The zero-order valence-electron chi connectivity index (χ0n) is 15.7. The molecule has 0 spiro atoms. The smallest absolute Gasteiger partial charge is 0.0521 e. The van der Waals surface area contributed by atoms with E-state index in [0.717, 1.165) is 12.8 Å². The van der Waals surface area contributed by atoms with E-state index in [9.17, 15) is 10.2 Å². The second-order valence-electron chi connectivity index (χ2n) is 7.37. The van der Waals surface area contributed by atoms with Gasteiger partial charge in [-0.05, 0) is 6.42 Å². The van der Waals surface area contributed by atoms with E-state index in [4.69, 9.17) is 5.73 Å². The average molecular weight is 330 g/mol. The van der Waals surface area contributed by atoms with Crippen LogP contribution in [-0.2, 0) is 0 Å². The molecular weight excluding hydrogens is 286 g/mol. The second kappa shape index (κ2) is 16.7. The van der Waals surface area contributed by atoms with Crippen LogP contribution in [0.1, 0.15) is 103 Å². The molecule has 0 aliphatic carbocycles. The van der Waals surface area contributed by atoms with Crippen molar-refractivity contribution in [2.24, 2.45) is 11.1 Å². The van der Waals surface area contributed by atoms with Crippen molar-refractivity contribution in [1.82, 2.24) is 0 Å². The molecule has 0 aliphatic heterocycles. The SMILES string of the molecule is CCCCCCCCCCCCCCCCC(CN)(CO)CO. The number of aliphatic hydroxyl groups is 2. The van der Waals surface area contributed by atoms with Crippen LogP contribution in [0.3, 0.4) is 0 Å². The quantitative estimate of drug-likeness (QED) is 0.317. The molecular formula is C20H43NO2. The molecule has 0 saturated heterocycles. The highest BCUT2D eigenvalue weighted by Crippen LogP contribution is 2.23. The third-order valence-electron chi connectivity index (χ3n) is 5.16. The van der Waals surface area contributed by atoms with Gasteiger partial charge < -0.3 is 15.9 Å². The van der Waals surface area contributed by atoms with E-state index < -0.39 is 5.41 Å². The summed E-state index contributed by atoms with van der Waals surface area (Å²) in [5.74, 6) is 0. The summed E-state index contributed by atoms with van der Waals surface area (Å²) < 4.78 is 0. The molecule has 0 saturated carbocycles. The normalized spacial score (nSPS) is 12.0. The molecule has 0 atom stereocenters. The summed E-state index contributed by atoms with van der Waals surface area (Å²) in [6.45, 7) is 2.64. The lowest BCUT2D eigenvalue weighted by Gasteiger charge is -2.27. The fourth-order valence-electron chi connectivity index (χ4n) is 3.13. The van der Waals surface area contributed by atoms with Crippen LogP contribution in [0.15, 0.2) is 0 Å². The van der Waals surface area contributed by atoms with Gasteiger partial charge in [0.2, 0.25) is 0 Å². The van der Waals surface area contributed by atoms with Crippen molar-refractivity contribution in [3.8, 4) is 0 Å². The summed E-state index contributed by atoms with van der Waals surface area (Å²) in [5, 5.41) is 18.7. The maximum Gasteiger partial charge on any atom is 0.0521 e. The van der Waals surface area contributed by atoms with Gasteiger partial charge in [0.15, 0.2) is 0 Å². The van der Waals surface area contributed by atoms with Gasteiger partial charge in [-0.15, -0.1) is 0 Å². The molecule has 0 unspecified atom stereocenters. The molecule has 0 aromatic carbocycles. The van der Waals surface area contributed by atoms with E-state index in [-0.39, 0.29) is 13.2 Å². The Kier molecular flexibility index (Phi) is 16.6. The van der Waals surface area contributed by atoms with Crippen molar-refractivity contribution in [3.05, 3.63) is 0 Å². The van der Waals surface area contributed by atoms with Crippen molar-refractivity contribution >= 4 is 0 Å². The Labute approximate surface area is 145 Å². The minimum atomic E-state index is -0.447. The molecule has 0 aromatic heterocycles. The fourth-order valence-corrected chi connectivity index (χ4v) is 3.13. The topological polar surface area (TPSA) is 66.5 Å². The fraction of sp³-hybridized carbons (Fsp3) is 1.00. The molecule has 0 bridgehead atoms. The van der Waals surface area contributed by atoms with E-state index >= 15 is 0 Å². The first-order chi connectivity index (χ1) is 11.2. The lowest BCUT2D eigenvalue weighted by atomic mass is 9.84. The molecule has 0 radical (unpaired) electrons.